The summed E-state index contributed by atoms with van der Waals surface area (Å²) in [6, 6.07) is 5.40. The van der Waals surface area contributed by atoms with Gasteiger partial charge in [-0.2, -0.15) is 0 Å². The molecular formula is C40H54ClN9O8. The average Bonchev–Trinajstić information content (AvgIpc) is 3.58. The molecule has 3 aromatic rings. The summed E-state index contributed by atoms with van der Waals surface area (Å²) in [7, 11) is 0. The molecule has 4 rings (SSSR count). The van der Waals surface area contributed by atoms with E-state index in [1.165, 1.54) is 0 Å². The second-order valence-electron chi connectivity index (χ2n) is 14.9. The number of fused-ring (bicyclic) bond motifs is 1. The molecule has 1 aliphatic rings. The van der Waals surface area contributed by atoms with Crippen LogP contribution in [-0.4, -0.2) is 100 Å². The molecule has 0 spiro atoms. The number of aromatic amines is 1. The molecule has 2 heterocycles. The van der Waals surface area contributed by atoms with Crippen LogP contribution in [0.15, 0.2) is 54.7 Å². The van der Waals surface area contributed by atoms with Gasteiger partial charge in [-0.15, -0.1) is 0 Å². The van der Waals surface area contributed by atoms with E-state index in [4.69, 9.17) is 23.1 Å². The standard InChI is InChI=1S/C40H54ClN9O8/c1-5-21(4)31-39(57)45-27(12-9-15-42)35(53)50-32(33(51)34(43)52)40(58)47-29(17-23-19-44-26-14-13-24(41)18-25(23)26)37(55)48-30(20(2)3)38(56)46-28(36(54)49-31)16-22-10-7-6-8-11-22/h6-8,10-11,13-14,18-21,27-33,44,51H,5,9,12,15-17,42H2,1-4H3,(H2,43,52)(H,45,57)(H,46,56)(H,47,58)(H,48,55)(H,49,54)(H,50,53). The number of benzene rings is 2. The number of aliphatic hydroxyl groups is 1. The molecule has 8 unspecified atom stereocenters. The Hall–Kier alpha value is -5.52. The number of rotatable bonds is 12. The van der Waals surface area contributed by atoms with Crippen LogP contribution in [0.25, 0.3) is 10.9 Å². The zero-order valence-corrected chi connectivity index (χ0v) is 33.7. The van der Waals surface area contributed by atoms with Crippen molar-refractivity contribution >= 4 is 63.9 Å². The highest BCUT2D eigenvalue weighted by Crippen LogP contribution is 2.24. The van der Waals surface area contributed by atoms with Crippen molar-refractivity contribution in [2.75, 3.05) is 6.54 Å². The van der Waals surface area contributed by atoms with Crippen molar-refractivity contribution < 1.29 is 38.7 Å². The van der Waals surface area contributed by atoms with Crippen LogP contribution in [0.1, 0.15) is 58.1 Å². The number of aliphatic hydroxyl groups excluding tert-OH is 1. The highest BCUT2D eigenvalue weighted by atomic mass is 35.5. The number of carbonyl (C=O) groups excluding carboxylic acids is 7. The second kappa shape index (κ2) is 20.8. The lowest BCUT2D eigenvalue weighted by molar-refractivity contribution is -0.141. The molecule has 0 bridgehead atoms. The Morgan fingerprint density at radius 1 is 0.741 bits per heavy atom. The molecule has 1 fully saturated rings. The molecule has 12 N–H and O–H groups in total. The van der Waals surface area contributed by atoms with Gasteiger partial charge >= 0.3 is 0 Å². The van der Waals surface area contributed by atoms with Gasteiger partial charge in [0.15, 0.2) is 6.10 Å². The minimum absolute atomic E-state index is 0.0267. The van der Waals surface area contributed by atoms with Crippen LogP contribution in [0.2, 0.25) is 5.02 Å². The quantitative estimate of drug-likeness (QED) is 0.116. The number of H-pyrrole nitrogens is 1. The number of aromatic nitrogens is 1. The normalized spacial score (nSPS) is 24.0. The highest BCUT2D eigenvalue weighted by Gasteiger charge is 2.39. The van der Waals surface area contributed by atoms with Gasteiger partial charge in [0, 0.05) is 35.0 Å². The smallest absolute Gasteiger partial charge is 0.248 e. The van der Waals surface area contributed by atoms with Crippen molar-refractivity contribution in [1.82, 2.24) is 36.9 Å². The Labute approximate surface area is 341 Å². The molecule has 1 aliphatic heterocycles. The maximum absolute atomic E-state index is 14.3. The lowest BCUT2D eigenvalue weighted by Crippen LogP contribution is -2.65. The predicted molar refractivity (Wildman–Crippen MR) is 217 cm³/mol. The van der Waals surface area contributed by atoms with E-state index in [-0.39, 0.29) is 32.2 Å². The van der Waals surface area contributed by atoms with Gasteiger partial charge < -0.3 is 53.5 Å². The molecule has 2 aromatic carbocycles. The van der Waals surface area contributed by atoms with Crippen LogP contribution >= 0.6 is 11.6 Å². The Bertz CT molecular complexity index is 1960. The second-order valence-corrected chi connectivity index (χ2v) is 15.4. The van der Waals surface area contributed by atoms with Crippen LogP contribution < -0.4 is 43.4 Å². The van der Waals surface area contributed by atoms with E-state index in [9.17, 15) is 38.7 Å². The first-order chi connectivity index (χ1) is 27.5. The third kappa shape index (κ3) is 11.8. The molecule has 18 heteroatoms. The van der Waals surface area contributed by atoms with Crippen LogP contribution in [0.3, 0.4) is 0 Å². The number of hydrogen-bond donors (Lipinski definition) is 10. The topological polar surface area (TPSA) is 280 Å². The molecule has 1 aromatic heterocycles. The van der Waals surface area contributed by atoms with Crippen molar-refractivity contribution in [2.24, 2.45) is 23.3 Å². The molecule has 0 aliphatic carbocycles. The third-order valence-corrected chi connectivity index (χ3v) is 10.5. The molecule has 314 valence electrons. The van der Waals surface area contributed by atoms with Crippen LogP contribution in [-0.2, 0) is 46.4 Å². The maximum atomic E-state index is 14.3. The summed E-state index contributed by atoms with van der Waals surface area (Å²) in [6.45, 7) is 7.01. The lowest BCUT2D eigenvalue weighted by atomic mass is 9.96. The molecule has 58 heavy (non-hydrogen) atoms. The lowest BCUT2D eigenvalue weighted by Gasteiger charge is -2.31. The van der Waals surface area contributed by atoms with Crippen molar-refractivity contribution in [3.8, 4) is 0 Å². The average molecular weight is 824 g/mol. The van der Waals surface area contributed by atoms with Gasteiger partial charge in [0.25, 0.3) is 0 Å². The highest BCUT2D eigenvalue weighted by molar-refractivity contribution is 6.31. The zero-order valence-electron chi connectivity index (χ0n) is 33.0. The fourth-order valence-corrected chi connectivity index (χ4v) is 6.81. The summed E-state index contributed by atoms with van der Waals surface area (Å²) in [5.74, 6) is -7.51. The Morgan fingerprint density at radius 2 is 1.29 bits per heavy atom. The Balaban J connectivity index is 1.84. The summed E-state index contributed by atoms with van der Waals surface area (Å²) in [6.07, 6.45) is -0.212. The van der Waals surface area contributed by atoms with E-state index in [0.717, 1.165) is 0 Å². The van der Waals surface area contributed by atoms with Crippen molar-refractivity contribution in [3.63, 3.8) is 0 Å². The number of halogens is 1. The molecule has 7 amide bonds. The van der Waals surface area contributed by atoms with Crippen molar-refractivity contribution in [3.05, 3.63) is 70.9 Å². The molecule has 8 atom stereocenters. The summed E-state index contributed by atoms with van der Waals surface area (Å²) in [4.78, 5) is 99.9. The zero-order chi connectivity index (χ0) is 42.7. The van der Waals surface area contributed by atoms with Gasteiger partial charge in [0.2, 0.25) is 41.4 Å². The summed E-state index contributed by atoms with van der Waals surface area (Å²) in [5, 5.41) is 27.7. The Morgan fingerprint density at radius 3 is 1.90 bits per heavy atom. The van der Waals surface area contributed by atoms with Gasteiger partial charge in [-0.25, -0.2) is 0 Å². The van der Waals surface area contributed by atoms with Crippen molar-refractivity contribution in [2.45, 2.75) is 102 Å². The van der Waals surface area contributed by atoms with Gasteiger partial charge in [-0.3, -0.25) is 33.6 Å². The number of carbonyl (C=O) groups is 7. The monoisotopic (exact) mass is 823 g/mol. The van der Waals surface area contributed by atoms with E-state index >= 15 is 0 Å². The number of amides is 7. The number of nitrogens with two attached hydrogens (primary N) is 2. The predicted octanol–water partition coefficient (Wildman–Crippen LogP) is -0.184. The summed E-state index contributed by atoms with van der Waals surface area (Å²) >= 11 is 6.28. The molecular weight excluding hydrogens is 770 g/mol. The SMILES string of the molecule is CCC(C)C1NC(=O)C(Cc2ccccc2)NC(=O)C(C(C)C)NC(=O)C(Cc2c[nH]c3ccc(Cl)cc23)NC(=O)C(C(O)C(N)=O)NC(=O)C(CCCN)NC1=O. The minimum atomic E-state index is -2.28. The van der Waals surface area contributed by atoms with Crippen LogP contribution in [0, 0.1) is 11.8 Å². The number of hydrogen-bond acceptors (Lipinski definition) is 9. The first kappa shape index (κ1) is 45.2. The fraction of sp³-hybridized carbons (Fsp3) is 0.475. The minimum Gasteiger partial charge on any atom is -0.381 e. The third-order valence-electron chi connectivity index (χ3n) is 10.3. The number of nitrogens with one attached hydrogen (secondary N) is 7. The van der Waals surface area contributed by atoms with Crippen molar-refractivity contribution in [1.29, 1.82) is 0 Å². The summed E-state index contributed by atoms with van der Waals surface area (Å²) < 4.78 is 0. The largest absolute Gasteiger partial charge is 0.381 e. The molecule has 0 saturated carbocycles. The van der Waals surface area contributed by atoms with Gasteiger partial charge in [0.05, 0.1) is 0 Å². The maximum Gasteiger partial charge on any atom is 0.248 e. The first-order valence-electron chi connectivity index (χ1n) is 19.3. The van der Waals surface area contributed by atoms with Crippen LogP contribution in [0.4, 0.5) is 0 Å². The fourth-order valence-electron chi connectivity index (χ4n) is 6.63. The number of primary amides is 1. The summed E-state index contributed by atoms with van der Waals surface area (Å²) in [5.41, 5.74) is 13.1. The molecule has 17 nitrogen and oxygen atoms in total. The van der Waals surface area contributed by atoms with Gasteiger partial charge in [-0.1, -0.05) is 76.0 Å². The van der Waals surface area contributed by atoms with E-state index in [2.05, 4.69) is 36.9 Å². The molecule has 1 saturated heterocycles. The molecule has 0 radical (unpaired) electrons. The van der Waals surface area contributed by atoms with E-state index in [0.29, 0.717) is 33.5 Å². The van der Waals surface area contributed by atoms with E-state index in [1.54, 1.807) is 75.5 Å². The van der Waals surface area contributed by atoms with Gasteiger partial charge in [-0.05, 0) is 60.5 Å². The van der Waals surface area contributed by atoms with E-state index < -0.39 is 95.5 Å². The first-order valence-corrected chi connectivity index (χ1v) is 19.7. The van der Waals surface area contributed by atoms with Gasteiger partial charge in [0.1, 0.15) is 36.3 Å². The van der Waals surface area contributed by atoms with Crippen LogP contribution in [0.5, 0.6) is 0 Å². The van der Waals surface area contributed by atoms with E-state index in [1.807, 2.05) is 6.92 Å². The Kier molecular flexibility index (Phi) is 16.2.